The van der Waals surface area contributed by atoms with E-state index in [0.29, 0.717) is 28.6 Å². The summed E-state index contributed by atoms with van der Waals surface area (Å²) in [4.78, 5) is 13.8. The van der Waals surface area contributed by atoms with Crippen LogP contribution in [0.15, 0.2) is 53.8 Å². The monoisotopic (exact) mass is 484 g/mol. The number of halogens is 4. The molecular weight excluding hydrogens is 464 g/mol. The number of rotatable bonds is 4. The Hall–Kier alpha value is -4.02. The third kappa shape index (κ3) is 4.07. The van der Waals surface area contributed by atoms with Crippen LogP contribution >= 0.6 is 0 Å². The van der Waals surface area contributed by atoms with Gasteiger partial charge in [-0.1, -0.05) is 30.8 Å². The van der Waals surface area contributed by atoms with Crippen molar-refractivity contribution in [1.82, 2.24) is 29.9 Å². The summed E-state index contributed by atoms with van der Waals surface area (Å²) < 4.78 is 55.7. The Balaban J connectivity index is 1.44. The molecule has 0 aliphatic carbocycles. The van der Waals surface area contributed by atoms with Crippen molar-refractivity contribution >= 4 is 16.5 Å². The first kappa shape index (κ1) is 22.8. The molecule has 0 bridgehead atoms. The zero-order valence-electron chi connectivity index (χ0n) is 18.6. The second kappa shape index (κ2) is 8.33. The van der Waals surface area contributed by atoms with E-state index >= 15 is 0 Å². The maximum atomic E-state index is 14.8. The Morgan fingerprint density at radius 3 is 2.66 bits per heavy atom. The summed E-state index contributed by atoms with van der Waals surface area (Å²) in [6.07, 6.45) is -4.28. The summed E-state index contributed by atoms with van der Waals surface area (Å²) in [5.41, 5.74) is 1.63. The summed E-state index contributed by atoms with van der Waals surface area (Å²) in [5.74, 6) is -1.41. The Morgan fingerprint density at radius 2 is 1.91 bits per heavy atom. The van der Waals surface area contributed by atoms with Crippen molar-refractivity contribution in [3.8, 4) is 0 Å². The lowest BCUT2D eigenvalue weighted by molar-refractivity contribution is -0.148. The maximum absolute atomic E-state index is 14.8. The van der Waals surface area contributed by atoms with Crippen LogP contribution in [0.5, 0.6) is 0 Å². The van der Waals surface area contributed by atoms with Crippen LogP contribution in [0.1, 0.15) is 41.4 Å². The topological polar surface area (TPSA) is 79.7 Å². The first-order valence-corrected chi connectivity index (χ1v) is 10.8. The molecule has 1 aliphatic heterocycles. The lowest BCUT2D eigenvalue weighted by atomic mass is 10.0. The molecule has 180 valence electrons. The first-order valence-electron chi connectivity index (χ1n) is 10.8. The van der Waals surface area contributed by atoms with E-state index < -0.39 is 23.9 Å². The minimum atomic E-state index is -4.61. The molecule has 0 fully saturated rings. The molecule has 0 saturated heterocycles. The fourth-order valence-electron chi connectivity index (χ4n) is 4.50. The Morgan fingerprint density at radius 1 is 1.17 bits per heavy atom. The fourth-order valence-corrected chi connectivity index (χ4v) is 4.50. The smallest absolute Gasteiger partial charge is 0.362 e. The lowest BCUT2D eigenvalue weighted by Gasteiger charge is -2.35. The van der Waals surface area contributed by atoms with Crippen molar-refractivity contribution in [2.75, 3.05) is 6.54 Å². The molecule has 4 aromatic rings. The molecule has 0 spiro atoms. The number of nitrogens with one attached hydrogen (secondary N) is 1. The molecule has 1 N–H and O–H groups in total. The zero-order valence-corrected chi connectivity index (χ0v) is 18.6. The summed E-state index contributed by atoms with van der Waals surface area (Å²) in [5, 5.41) is 14.9. The number of aromatic nitrogens is 5. The van der Waals surface area contributed by atoms with Crippen molar-refractivity contribution in [2.45, 2.75) is 32.1 Å². The van der Waals surface area contributed by atoms with Crippen LogP contribution in [0.25, 0.3) is 16.5 Å². The minimum Gasteiger partial charge on any atom is -0.362 e. The number of nitrogens with zero attached hydrogens (tertiary/aromatic N) is 5. The largest absolute Gasteiger partial charge is 0.451 e. The van der Waals surface area contributed by atoms with Crippen LogP contribution in [0, 0.1) is 5.82 Å². The first-order chi connectivity index (χ1) is 16.6. The van der Waals surface area contributed by atoms with Crippen LogP contribution in [0.4, 0.5) is 17.6 Å². The van der Waals surface area contributed by atoms with Gasteiger partial charge in [0.05, 0.1) is 23.7 Å². The normalized spacial score (nSPS) is 15.9. The van der Waals surface area contributed by atoms with Crippen LogP contribution in [-0.4, -0.2) is 36.4 Å². The van der Waals surface area contributed by atoms with Gasteiger partial charge < -0.3 is 9.47 Å². The van der Waals surface area contributed by atoms with Gasteiger partial charge >= 0.3 is 6.18 Å². The number of fused-ring (bicyclic) bond motifs is 2. The Labute approximate surface area is 196 Å². The lowest BCUT2D eigenvalue weighted by Crippen LogP contribution is -2.36. The molecule has 2 aromatic carbocycles. The van der Waals surface area contributed by atoms with Gasteiger partial charge in [0.2, 0.25) is 5.82 Å². The number of hydrogen-bond donors (Lipinski definition) is 1. The molecule has 0 amide bonds. The number of hydrogen-bond acceptors (Lipinski definition) is 5. The highest BCUT2D eigenvalue weighted by atomic mass is 19.4. The van der Waals surface area contributed by atoms with Crippen LogP contribution in [0.2, 0.25) is 0 Å². The molecule has 1 aliphatic rings. The summed E-state index contributed by atoms with van der Waals surface area (Å²) >= 11 is 0. The van der Waals surface area contributed by atoms with Crippen LogP contribution in [-0.2, 0) is 19.1 Å². The Kier molecular flexibility index (Phi) is 5.42. The third-order valence-electron chi connectivity index (χ3n) is 6.15. The molecule has 11 heteroatoms. The van der Waals surface area contributed by atoms with E-state index in [-0.39, 0.29) is 30.0 Å². The van der Waals surface area contributed by atoms with Gasteiger partial charge in [-0.15, -0.1) is 10.2 Å². The molecule has 35 heavy (non-hydrogen) atoms. The highest BCUT2D eigenvalue weighted by Gasteiger charge is 2.41. The van der Waals surface area contributed by atoms with Gasteiger partial charge in [0.15, 0.2) is 5.82 Å². The van der Waals surface area contributed by atoms with Crippen LogP contribution in [0.3, 0.4) is 0 Å². The standard InChI is InChI=1S/C24H20F4N6O/c1-13-11-33(12-21-30-32-23(34(13)21)24(26,27)28)14(2)18-9-15(7-8-19(18)25)10-20-16-5-3-4-6-17(16)22(35)31-29-20/h3-9,13H,2,10-12H2,1H3,(H,31,35). The fraction of sp³-hybridized carbons (Fsp3) is 0.250. The second-order valence-electron chi connectivity index (χ2n) is 8.52. The van der Waals surface area contributed by atoms with E-state index in [0.717, 1.165) is 10.1 Å². The molecule has 0 saturated carbocycles. The van der Waals surface area contributed by atoms with E-state index in [4.69, 9.17) is 0 Å². The van der Waals surface area contributed by atoms with Crippen LogP contribution < -0.4 is 5.56 Å². The van der Waals surface area contributed by atoms with E-state index in [1.165, 1.54) is 6.07 Å². The Bertz CT molecular complexity index is 1510. The minimum absolute atomic E-state index is 0.0159. The van der Waals surface area contributed by atoms with Gasteiger partial charge in [0, 0.05) is 29.6 Å². The molecule has 3 heterocycles. The molecular formula is C24H20F4N6O. The van der Waals surface area contributed by atoms with Crippen molar-refractivity contribution in [1.29, 1.82) is 0 Å². The number of alkyl halides is 3. The van der Waals surface area contributed by atoms with E-state index in [9.17, 15) is 22.4 Å². The van der Waals surface area contributed by atoms with Crippen molar-refractivity contribution < 1.29 is 17.6 Å². The van der Waals surface area contributed by atoms with Gasteiger partial charge in [-0.3, -0.25) is 4.79 Å². The van der Waals surface area contributed by atoms with E-state index in [1.807, 2.05) is 6.07 Å². The van der Waals surface area contributed by atoms with Gasteiger partial charge in [-0.25, -0.2) is 9.49 Å². The summed E-state index contributed by atoms with van der Waals surface area (Å²) in [6, 6.07) is 11.1. The molecule has 0 radical (unpaired) electrons. The molecule has 2 aromatic heterocycles. The van der Waals surface area contributed by atoms with Gasteiger partial charge in [-0.2, -0.15) is 18.3 Å². The summed E-state index contributed by atoms with van der Waals surface area (Å²) in [6.45, 7) is 5.85. The molecule has 5 rings (SSSR count). The molecule has 1 atom stereocenters. The van der Waals surface area contributed by atoms with E-state index in [1.54, 1.807) is 42.2 Å². The highest BCUT2D eigenvalue weighted by molar-refractivity contribution is 5.83. The number of H-pyrrole nitrogens is 1. The number of benzene rings is 2. The maximum Gasteiger partial charge on any atom is 0.451 e. The SMILES string of the molecule is C=C(c1cc(Cc2n[nH]c(=O)c3ccccc23)ccc1F)N1Cc2nnc(C(F)(F)F)n2C(C)C1. The van der Waals surface area contributed by atoms with Gasteiger partial charge in [0.1, 0.15) is 5.82 Å². The number of aromatic amines is 1. The van der Waals surface area contributed by atoms with Gasteiger partial charge in [0.25, 0.3) is 5.56 Å². The van der Waals surface area contributed by atoms with Crippen molar-refractivity contribution in [3.05, 3.63) is 93.7 Å². The molecule has 7 nitrogen and oxygen atoms in total. The average Bonchev–Trinajstić information content (AvgIpc) is 3.27. The van der Waals surface area contributed by atoms with E-state index in [2.05, 4.69) is 27.0 Å². The van der Waals surface area contributed by atoms with Gasteiger partial charge in [-0.05, 0) is 30.7 Å². The molecule has 1 unspecified atom stereocenters. The van der Waals surface area contributed by atoms with Crippen molar-refractivity contribution in [2.24, 2.45) is 0 Å². The second-order valence-corrected chi connectivity index (χ2v) is 8.52. The highest BCUT2D eigenvalue weighted by Crippen LogP contribution is 2.35. The predicted molar refractivity (Wildman–Crippen MR) is 121 cm³/mol. The van der Waals surface area contributed by atoms with Crippen molar-refractivity contribution in [3.63, 3.8) is 0 Å². The third-order valence-corrected chi connectivity index (χ3v) is 6.15. The summed E-state index contributed by atoms with van der Waals surface area (Å²) in [7, 11) is 0. The zero-order chi connectivity index (χ0) is 24.9. The predicted octanol–water partition coefficient (Wildman–Crippen LogP) is 4.31. The average molecular weight is 484 g/mol. The quantitative estimate of drug-likeness (QED) is 0.437.